The molecule has 130 valence electrons. The minimum Gasteiger partial charge on any atom is -0.455 e. The van der Waals surface area contributed by atoms with Gasteiger partial charge < -0.3 is 8.94 Å². The van der Waals surface area contributed by atoms with Crippen LogP contribution in [0.1, 0.15) is 11.3 Å². The number of nitrogens with zero attached hydrogens (tertiary/aromatic N) is 3. The number of halogens is 1. The van der Waals surface area contributed by atoms with E-state index in [0.717, 1.165) is 27.9 Å². The molecule has 0 unspecified atom stereocenters. The Hall–Kier alpha value is -2.57. The molecule has 0 amide bonds. The summed E-state index contributed by atoms with van der Waals surface area (Å²) in [4.78, 5) is 8.55. The van der Waals surface area contributed by atoms with Crippen LogP contribution in [-0.2, 0) is 11.5 Å². The highest BCUT2D eigenvalue weighted by atomic mass is 35.5. The summed E-state index contributed by atoms with van der Waals surface area (Å²) in [6.45, 7) is 0. The zero-order valence-electron chi connectivity index (χ0n) is 13.6. The van der Waals surface area contributed by atoms with E-state index in [1.807, 2.05) is 54.6 Å². The fraction of sp³-hybridized carbons (Fsp3) is 0.105. The highest BCUT2D eigenvalue weighted by Gasteiger charge is 2.14. The van der Waals surface area contributed by atoms with E-state index in [9.17, 15) is 0 Å². The molecular formula is C19H14ClN3O2S. The Morgan fingerprint density at radius 2 is 1.85 bits per heavy atom. The number of hydrogen-bond donors (Lipinski definition) is 0. The molecule has 7 heteroatoms. The minimum atomic E-state index is 0.341. The molecule has 0 atom stereocenters. The molecule has 4 rings (SSSR count). The summed E-state index contributed by atoms with van der Waals surface area (Å²) in [6, 6.07) is 17.1. The van der Waals surface area contributed by atoms with E-state index < -0.39 is 0 Å². The fourth-order valence-electron chi connectivity index (χ4n) is 2.37. The Morgan fingerprint density at radius 3 is 2.69 bits per heavy atom. The van der Waals surface area contributed by atoms with Gasteiger partial charge in [0.25, 0.3) is 5.89 Å². The molecule has 0 saturated carbocycles. The van der Waals surface area contributed by atoms with Gasteiger partial charge in [-0.25, -0.2) is 0 Å². The van der Waals surface area contributed by atoms with Gasteiger partial charge in [-0.05, 0) is 35.9 Å². The molecule has 3 aromatic heterocycles. The summed E-state index contributed by atoms with van der Waals surface area (Å²) in [5, 5.41) is 4.74. The van der Waals surface area contributed by atoms with Crippen LogP contribution < -0.4 is 0 Å². The van der Waals surface area contributed by atoms with Crippen molar-refractivity contribution in [2.24, 2.45) is 0 Å². The zero-order chi connectivity index (χ0) is 17.8. The Labute approximate surface area is 159 Å². The maximum atomic E-state index is 6.17. The maximum absolute atomic E-state index is 6.17. The second-order valence-corrected chi connectivity index (χ2v) is 6.88. The molecule has 0 aliphatic carbocycles. The van der Waals surface area contributed by atoms with Gasteiger partial charge in [0.15, 0.2) is 5.76 Å². The Kier molecular flexibility index (Phi) is 5.04. The van der Waals surface area contributed by atoms with E-state index in [1.54, 1.807) is 18.0 Å². The van der Waals surface area contributed by atoms with Crippen LogP contribution in [0.2, 0.25) is 5.02 Å². The van der Waals surface area contributed by atoms with Crippen molar-refractivity contribution in [3.05, 3.63) is 77.1 Å². The van der Waals surface area contributed by atoms with Gasteiger partial charge in [0.1, 0.15) is 11.5 Å². The first kappa shape index (κ1) is 16.9. The van der Waals surface area contributed by atoms with Gasteiger partial charge in [0.2, 0.25) is 5.82 Å². The SMILES string of the molecule is Clc1ccccc1CSCc1ccc(-c2nc(-c3ccccn3)no2)o1. The van der Waals surface area contributed by atoms with Crippen LogP contribution in [0.5, 0.6) is 0 Å². The van der Waals surface area contributed by atoms with Crippen LogP contribution in [-0.4, -0.2) is 15.1 Å². The number of benzene rings is 1. The number of thioether (sulfide) groups is 1. The average molecular weight is 384 g/mol. The normalized spacial score (nSPS) is 11.0. The molecule has 26 heavy (non-hydrogen) atoms. The van der Waals surface area contributed by atoms with Crippen LogP contribution in [0.3, 0.4) is 0 Å². The Balaban J connectivity index is 1.40. The van der Waals surface area contributed by atoms with Crippen molar-refractivity contribution >= 4 is 23.4 Å². The van der Waals surface area contributed by atoms with E-state index in [1.165, 1.54) is 0 Å². The number of aromatic nitrogens is 3. The van der Waals surface area contributed by atoms with Gasteiger partial charge >= 0.3 is 0 Å². The molecule has 0 N–H and O–H groups in total. The number of furan rings is 1. The van der Waals surface area contributed by atoms with Crippen molar-refractivity contribution in [1.82, 2.24) is 15.1 Å². The minimum absolute atomic E-state index is 0.341. The Morgan fingerprint density at radius 1 is 0.962 bits per heavy atom. The van der Waals surface area contributed by atoms with Gasteiger partial charge in [-0.1, -0.05) is 41.0 Å². The lowest BCUT2D eigenvalue weighted by atomic mass is 10.2. The van der Waals surface area contributed by atoms with Crippen molar-refractivity contribution in [1.29, 1.82) is 0 Å². The summed E-state index contributed by atoms with van der Waals surface area (Å²) in [6.07, 6.45) is 1.69. The standard InChI is InChI=1S/C19H14ClN3O2S/c20-15-6-2-1-5-13(15)11-26-12-14-8-9-17(24-14)19-22-18(23-25-19)16-7-3-4-10-21-16/h1-10H,11-12H2. The van der Waals surface area contributed by atoms with Gasteiger partial charge in [0, 0.05) is 17.0 Å². The van der Waals surface area contributed by atoms with Crippen LogP contribution in [0, 0.1) is 0 Å². The quantitative estimate of drug-likeness (QED) is 0.439. The van der Waals surface area contributed by atoms with E-state index >= 15 is 0 Å². The van der Waals surface area contributed by atoms with Crippen molar-refractivity contribution in [3.63, 3.8) is 0 Å². The molecule has 5 nitrogen and oxygen atoms in total. The third-order valence-electron chi connectivity index (χ3n) is 3.65. The second-order valence-electron chi connectivity index (χ2n) is 5.49. The topological polar surface area (TPSA) is 65.0 Å². The average Bonchev–Trinajstić information content (AvgIpc) is 3.33. The van der Waals surface area contributed by atoms with Crippen molar-refractivity contribution in [3.8, 4) is 23.2 Å². The zero-order valence-corrected chi connectivity index (χ0v) is 15.2. The monoisotopic (exact) mass is 383 g/mol. The predicted molar refractivity (Wildman–Crippen MR) is 102 cm³/mol. The summed E-state index contributed by atoms with van der Waals surface area (Å²) < 4.78 is 11.1. The first-order valence-corrected chi connectivity index (χ1v) is 9.48. The Bertz CT molecular complexity index is 1000. The third kappa shape index (κ3) is 3.81. The lowest BCUT2D eigenvalue weighted by Gasteiger charge is -2.02. The third-order valence-corrected chi connectivity index (χ3v) is 5.02. The van der Waals surface area contributed by atoms with Gasteiger partial charge in [-0.15, -0.1) is 11.8 Å². The van der Waals surface area contributed by atoms with Crippen LogP contribution in [0.25, 0.3) is 23.2 Å². The van der Waals surface area contributed by atoms with Crippen LogP contribution >= 0.6 is 23.4 Å². The highest BCUT2D eigenvalue weighted by molar-refractivity contribution is 7.97. The van der Waals surface area contributed by atoms with Crippen molar-refractivity contribution < 1.29 is 8.94 Å². The first-order valence-electron chi connectivity index (χ1n) is 7.95. The molecule has 0 fully saturated rings. The van der Waals surface area contributed by atoms with Crippen molar-refractivity contribution in [2.75, 3.05) is 0 Å². The highest BCUT2D eigenvalue weighted by Crippen LogP contribution is 2.27. The lowest BCUT2D eigenvalue weighted by molar-refractivity contribution is 0.413. The summed E-state index contributed by atoms with van der Waals surface area (Å²) >= 11 is 7.90. The van der Waals surface area contributed by atoms with Gasteiger partial charge in [0.05, 0.1) is 5.75 Å². The molecule has 0 bridgehead atoms. The van der Waals surface area contributed by atoms with Crippen molar-refractivity contribution in [2.45, 2.75) is 11.5 Å². The summed E-state index contributed by atoms with van der Waals surface area (Å²) in [7, 11) is 0. The largest absolute Gasteiger partial charge is 0.455 e. The number of pyridine rings is 1. The summed E-state index contributed by atoms with van der Waals surface area (Å²) in [5.74, 6) is 3.72. The molecule has 0 saturated heterocycles. The maximum Gasteiger partial charge on any atom is 0.293 e. The molecule has 3 heterocycles. The van der Waals surface area contributed by atoms with E-state index in [-0.39, 0.29) is 0 Å². The van der Waals surface area contributed by atoms with Crippen LogP contribution in [0.4, 0.5) is 0 Å². The molecule has 0 radical (unpaired) electrons. The number of rotatable bonds is 6. The summed E-state index contributed by atoms with van der Waals surface area (Å²) in [5.41, 5.74) is 1.77. The second kappa shape index (κ2) is 7.76. The molecule has 0 aliphatic heterocycles. The molecular weight excluding hydrogens is 370 g/mol. The van der Waals surface area contributed by atoms with E-state index in [0.29, 0.717) is 23.2 Å². The van der Waals surface area contributed by atoms with E-state index in [2.05, 4.69) is 15.1 Å². The predicted octanol–water partition coefficient (Wildman–Crippen LogP) is 5.48. The smallest absolute Gasteiger partial charge is 0.293 e. The first-order chi connectivity index (χ1) is 12.8. The van der Waals surface area contributed by atoms with Gasteiger partial charge in [-0.2, -0.15) is 4.98 Å². The van der Waals surface area contributed by atoms with E-state index in [4.69, 9.17) is 20.5 Å². The molecule has 1 aromatic carbocycles. The molecule has 4 aromatic rings. The fourth-order valence-corrected chi connectivity index (χ4v) is 3.58. The van der Waals surface area contributed by atoms with Crippen LogP contribution in [0.15, 0.2) is 69.7 Å². The molecule has 0 spiro atoms. The lowest BCUT2D eigenvalue weighted by Crippen LogP contribution is -1.84. The van der Waals surface area contributed by atoms with Gasteiger partial charge in [-0.3, -0.25) is 4.98 Å². The molecule has 0 aliphatic rings. The number of hydrogen-bond acceptors (Lipinski definition) is 6.